The first-order chi connectivity index (χ1) is 39.4. The third kappa shape index (κ3) is 62.3. The monoisotopic (exact) mass is 1160 g/mol. The van der Waals surface area contributed by atoms with E-state index in [1.54, 1.807) is 0 Å². The quantitative estimate of drug-likeness (QED) is 0.0212. The van der Waals surface area contributed by atoms with Crippen LogP contribution in [0.5, 0.6) is 0 Å². The number of unbranched alkanes of at least 4 members (excludes halogenated alkanes) is 42. The SMILES string of the molecule is CCCCC/C=C\C/C=C\CCCCCCCCCC(=O)NC(COP(=O)([O-])OCC[N+](C)(C)C)C(/C=C\CCCCCCCCCCCCC)OC(=O)CCCCCCCCCCCCCCCCC/C=C/CCCCCCCC. The minimum Gasteiger partial charge on any atom is -0.756 e. The number of nitrogens with zero attached hydrogens (tertiary/aromatic N) is 1. The summed E-state index contributed by atoms with van der Waals surface area (Å²) in [4.78, 5) is 40.1. The molecular weight excluding hydrogens is 1020 g/mol. The van der Waals surface area contributed by atoms with Gasteiger partial charge in [-0.1, -0.05) is 288 Å². The molecule has 0 aromatic carbocycles. The van der Waals surface area contributed by atoms with Crippen LogP contribution in [0, 0.1) is 0 Å². The second-order valence-corrected chi connectivity index (χ2v) is 26.4. The lowest BCUT2D eigenvalue weighted by molar-refractivity contribution is -0.870. The molecule has 0 bridgehead atoms. The number of ether oxygens (including phenoxy) is 1. The largest absolute Gasteiger partial charge is 0.756 e. The fourth-order valence-corrected chi connectivity index (χ4v) is 11.0. The predicted octanol–water partition coefficient (Wildman–Crippen LogP) is 21.4. The second kappa shape index (κ2) is 61.1. The molecule has 81 heavy (non-hydrogen) atoms. The summed E-state index contributed by atoms with van der Waals surface area (Å²) < 4.78 is 30.4. The molecule has 0 fully saturated rings. The molecule has 0 aliphatic rings. The number of hydrogen-bond acceptors (Lipinski definition) is 7. The maximum absolute atomic E-state index is 13.6. The molecule has 0 aliphatic heterocycles. The zero-order valence-electron chi connectivity index (χ0n) is 54.5. The number of phosphoric acid groups is 1. The van der Waals surface area contributed by atoms with Gasteiger partial charge in [-0.25, -0.2) is 0 Å². The fourth-order valence-electron chi connectivity index (χ4n) is 10.3. The molecule has 3 unspecified atom stereocenters. The van der Waals surface area contributed by atoms with Crippen LogP contribution >= 0.6 is 7.82 Å². The van der Waals surface area contributed by atoms with Crippen LogP contribution in [0.4, 0.5) is 0 Å². The third-order valence-corrected chi connectivity index (χ3v) is 16.7. The number of rotatable bonds is 64. The van der Waals surface area contributed by atoms with Crippen LogP contribution in [0.3, 0.4) is 0 Å². The van der Waals surface area contributed by atoms with Gasteiger partial charge < -0.3 is 28.5 Å². The third-order valence-electron chi connectivity index (χ3n) is 15.7. The van der Waals surface area contributed by atoms with Gasteiger partial charge in [-0.05, 0) is 89.5 Å². The number of quaternary nitrogens is 1. The molecule has 9 nitrogen and oxygen atoms in total. The minimum absolute atomic E-state index is 0.0228. The molecule has 3 atom stereocenters. The Bertz CT molecular complexity index is 1520. The van der Waals surface area contributed by atoms with Crippen molar-refractivity contribution in [1.29, 1.82) is 0 Å². The Morgan fingerprint density at radius 2 is 0.753 bits per heavy atom. The summed E-state index contributed by atoms with van der Waals surface area (Å²) in [5.74, 6) is -0.535. The van der Waals surface area contributed by atoms with Gasteiger partial charge in [0.2, 0.25) is 5.91 Å². The van der Waals surface area contributed by atoms with E-state index in [1.807, 2.05) is 33.3 Å². The molecule has 0 aromatic heterocycles. The standard InChI is InChI=1S/C71H135N2O7P/c1-7-10-13-16-19-22-25-28-30-32-33-34-35-36-37-38-39-41-43-46-49-52-55-58-61-64-71(75)80-69(62-59-56-53-50-47-44-27-24-21-18-15-12-9-3)68(67-79-81(76,77)78-66-65-73(4,5)6)72-70(74)63-60-57-54-51-48-45-42-40-31-29-26-23-20-17-14-11-8-2/h20,23,28-31,59,62,68-69H,7-19,21-22,24-27,32-58,60-61,63-67H2,1-6H3,(H-,72,74,76,77)/b23-20-,30-28+,31-29-,62-59-. The summed E-state index contributed by atoms with van der Waals surface area (Å²) in [6.07, 6.45) is 76.6. The Kier molecular flexibility index (Phi) is 59.5. The molecule has 1 N–H and O–H groups in total. The first-order valence-corrected chi connectivity index (χ1v) is 36.4. The van der Waals surface area contributed by atoms with Crippen molar-refractivity contribution in [2.75, 3.05) is 40.9 Å². The van der Waals surface area contributed by atoms with E-state index in [0.29, 0.717) is 17.4 Å². The number of amides is 1. The van der Waals surface area contributed by atoms with E-state index in [4.69, 9.17) is 13.8 Å². The molecule has 0 saturated carbocycles. The minimum atomic E-state index is -4.70. The van der Waals surface area contributed by atoms with E-state index in [2.05, 4.69) is 62.5 Å². The average molecular weight is 1160 g/mol. The van der Waals surface area contributed by atoms with Crippen LogP contribution in [0.15, 0.2) is 48.6 Å². The Morgan fingerprint density at radius 3 is 1.15 bits per heavy atom. The maximum Gasteiger partial charge on any atom is 0.306 e. The van der Waals surface area contributed by atoms with Crippen LogP contribution in [0.25, 0.3) is 0 Å². The molecule has 0 heterocycles. The molecule has 1 amide bonds. The summed E-state index contributed by atoms with van der Waals surface area (Å²) in [6.45, 7) is 6.85. The fraction of sp³-hybridized carbons (Fsp3) is 0.859. The second-order valence-electron chi connectivity index (χ2n) is 25.0. The van der Waals surface area contributed by atoms with Gasteiger partial charge in [0.25, 0.3) is 7.82 Å². The summed E-state index contributed by atoms with van der Waals surface area (Å²) in [5, 5.41) is 3.04. The van der Waals surface area contributed by atoms with Crippen molar-refractivity contribution in [2.24, 2.45) is 0 Å². The molecule has 10 heteroatoms. The topological polar surface area (TPSA) is 114 Å². The highest BCUT2D eigenvalue weighted by Crippen LogP contribution is 2.38. The molecular formula is C71H135N2O7P. The first-order valence-electron chi connectivity index (χ1n) is 34.9. The maximum atomic E-state index is 13.6. The Morgan fingerprint density at radius 1 is 0.432 bits per heavy atom. The number of carbonyl (C=O) groups is 2. The van der Waals surface area contributed by atoms with Crippen molar-refractivity contribution in [2.45, 2.75) is 354 Å². The lowest BCUT2D eigenvalue weighted by Gasteiger charge is -2.30. The van der Waals surface area contributed by atoms with Gasteiger partial charge in [0.15, 0.2) is 0 Å². The van der Waals surface area contributed by atoms with Gasteiger partial charge in [-0.3, -0.25) is 14.2 Å². The smallest absolute Gasteiger partial charge is 0.306 e. The molecule has 0 saturated heterocycles. The summed E-state index contributed by atoms with van der Waals surface area (Å²) >= 11 is 0. The zero-order chi connectivity index (χ0) is 59.3. The van der Waals surface area contributed by atoms with E-state index in [-0.39, 0.29) is 31.5 Å². The number of likely N-dealkylation sites (N-methyl/N-ethyl adjacent to an activating group) is 1. The van der Waals surface area contributed by atoms with E-state index in [9.17, 15) is 19.0 Å². The highest BCUT2D eigenvalue weighted by atomic mass is 31.2. The van der Waals surface area contributed by atoms with Crippen molar-refractivity contribution in [3.05, 3.63) is 48.6 Å². The summed E-state index contributed by atoms with van der Waals surface area (Å²) in [6, 6.07) is -0.892. The molecule has 0 spiro atoms. The van der Waals surface area contributed by atoms with Crippen LogP contribution in [0.1, 0.15) is 342 Å². The molecule has 0 rings (SSSR count). The highest BCUT2D eigenvalue weighted by Gasteiger charge is 2.27. The van der Waals surface area contributed by atoms with Crippen molar-refractivity contribution < 1.29 is 37.3 Å². The predicted molar refractivity (Wildman–Crippen MR) is 349 cm³/mol. The Balaban J connectivity index is 5.08. The van der Waals surface area contributed by atoms with Crippen LogP contribution in [-0.2, 0) is 27.9 Å². The molecule has 0 aliphatic carbocycles. The van der Waals surface area contributed by atoms with Gasteiger partial charge in [-0.15, -0.1) is 0 Å². The van der Waals surface area contributed by atoms with Gasteiger partial charge in [0.05, 0.1) is 33.8 Å². The summed E-state index contributed by atoms with van der Waals surface area (Å²) in [5.41, 5.74) is 0. The summed E-state index contributed by atoms with van der Waals surface area (Å²) in [7, 11) is 1.19. The van der Waals surface area contributed by atoms with Crippen LogP contribution in [-0.4, -0.2) is 69.4 Å². The number of phosphoric ester groups is 1. The van der Waals surface area contributed by atoms with E-state index >= 15 is 0 Å². The van der Waals surface area contributed by atoms with Crippen molar-refractivity contribution in [3.63, 3.8) is 0 Å². The average Bonchev–Trinajstić information content (AvgIpc) is 3.44. The van der Waals surface area contributed by atoms with Gasteiger partial charge >= 0.3 is 5.97 Å². The van der Waals surface area contributed by atoms with Crippen molar-refractivity contribution in [3.8, 4) is 0 Å². The van der Waals surface area contributed by atoms with Crippen LogP contribution < -0.4 is 10.2 Å². The molecule has 476 valence electrons. The molecule has 0 radical (unpaired) electrons. The van der Waals surface area contributed by atoms with Crippen molar-refractivity contribution >= 4 is 19.7 Å². The Labute approximate surface area is 503 Å². The lowest BCUT2D eigenvalue weighted by Crippen LogP contribution is -2.47. The van der Waals surface area contributed by atoms with E-state index in [0.717, 1.165) is 77.0 Å². The first kappa shape index (κ1) is 79.0. The van der Waals surface area contributed by atoms with Gasteiger partial charge in [0.1, 0.15) is 19.3 Å². The van der Waals surface area contributed by atoms with Gasteiger partial charge in [0, 0.05) is 12.8 Å². The highest BCUT2D eigenvalue weighted by molar-refractivity contribution is 7.45. The number of carbonyl (C=O) groups excluding carboxylic acids is 2. The molecule has 0 aromatic rings. The number of esters is 1. The number of allylic oxidation sites excluding steroid dienone is 7. The van der Waals surface area contributed by atoms with E-state index < -0.39 is 20.0 Å². The van der Waals surface area contributed by atoms with E-state index in [1.165, 1.54) is 231 Å². The van der Waals surface area contributed by atoms with Gasteiger partial charge in [-0.2, -0.15) is 0 Å². The zero-order valence-corrected chi connectivity index (χ0v) is 55.4. The normalized spacial score (nSPS) is 13.8. The number of hydrogen-bond donors (Lipinski definition) is 1. The Hall–Kier alpha value is -2.03. The lowest BCUT2D eigenvalue weighted by atomic mass is 10.0. The van der Waals surface area contributed by atoms with Crippen LogP contribution in [0.2, 0.25) is 0 Å². The number of nitrogens with one attached hydrogen (secondary N) is 1. The van der Waals surface area contributed by atoms with Crippen molar-refractivity contribution in [1.82, 2.24) is 5.32 Å².